The van der Waals surface area contributed by atoms with Crippen molar-refractivity contribution in [2.45, 2.75) is 25.3 Å². The van der Waals surface area contributed by atoms with Gasteiger partial charge in [0.25, 0.3) is 0 Å². The number of hydrogen-bond donors (Lipinski definition) is 0. The van der Waals surface area contributed by atoms with Crippen molar-refractivity contribution in [2.24, 2.45) is 7.05 Å². The van der Waals surface area contributed by atoms with Gasteiger partial charge in [0.1, 0.15) is 11.3 Å². The van der Waals surface area contributed by atoms with E-state index in [0.29, 0.717) is 5.92 Å². The maximum Gasteiger partial charge on any atom is 0.117 e. The van der Waals surface area contributed by atoms with Crippen LogP contribution in [0.1, 0.15) is 30.2 Å². The first-order valence-corrected chi connectivity index (χ1v) is 9.90. The fourth-order valence-electron chi connectivity index (χ4n) is 4.16. The van der Waals surface area contributed by atoms with Gasteiger partial charge in [-0.2, -0.15) is 0 Å². The summed E-state index contributed by atoms with van der Waals surface area (Å²) in [7, 11) is 2.06. The van der Waals surface area contributed by atoms with Gasteiger partial charge in [-0.3, -0.25) is 9.88 Å². The Hall–Kier alpha value is -2.92. The highest BCUT2D eigenvalue weighted by Crippen LogP contribution is 2.33. The fraction of sp³-hybridized carbons (Fsp3) is 0.304. The number of aromatic nitrogens is 3. The van der Waals surface area contributed by atoms with Crippen molar-refractivity contribution < 1.29 is 4.42 Å². The number of furan rings is 1. The van der Waals surface area contributed by atoms with Gasteiger partial charge >= 0.3 is 0 Å². The summed E-state index contributed by atoms with van der Waals surface area (Å²) in [4.78, 5) is 12.2. The number of fused-ring (bicyclic) bond motifs is 1. The number of imidazole rings is 1. The van der Waals surface area contributed by atoms with Crippen LogP contribution in [-0.4, -0.2) is 32.5 Å². The topological polar surface area (TPSA) is 47.1 Å². The maximum atomic E-state index is 5.50. The van der Waals surface area contributed by atoms with Gasteiger partial charge in [0.2, 0.25) is 0 Å². The van der Waals surface area contributed by atoms with Crippen molar-refractivity contribution in [3.63, 3.8) is 0 Å². The smallest absolute Gasteiger partial charge is 0.117 e. The van der Waals surface area contributed by atoms with Crippen LogP contribution >= 0.6 is 0 Å². The number of nitrogens with zero attached hydrogens (tertiary/aromatic N) is 4. The number of piperidine rings is 1. The van der Waals surface area contributed by atoms with Crippen molar-refractivity contribution in [3.8, 4) is 11.3 Å². The van der Waals surface area contributed by atoms with Gasteiger partial charge in [-0.25, -0.2) is 4.98 Å². The molecule has 1 aliphatic rings. The number of rotatable bonds is 4. The Bertz CT molecular complexity index is 1060. The zero-order chi connectivity index (χ0) is 18.9. The molecule has 142 valence electrons. The highest BCUT2D eigenvalue weighted by Gasteiger charge is 2.24. The van der Waals surface area contributed by atoms with Crippen LogP contribution in [0.4, 0.5) is 0 Å². The first kappa shape index (κ1) is 17.2. The Morgan fingerprint density at radius 3 is 2.64 bits per heavy atom. The minimum atomic E-state index is 0.481. The molecule has 28 heavy (non-hydrogen) atoms. The fourth-order valence-corrected chi connectivity index (χ4v) is 4.16. The zero-order valence-corrected chi connectivity index (χ0v) is 16.1. The molecule has 4 aromatic rings. The zero-order valence-electron chi connectivity index (χ0n) is 16.1. The minimum absolute atomic E-state index is 0.481. The lowest BCUT2D eigenvalue weighted by molar-refractivity contribution is 0.190. The first-order valence-electron chi connectivity index (χ1n) is 9.90. The van der Waals surface area contributed by atoms with Crippen LogP contribution in [0, 0.1) is 0 Å². The van der Waals surface area contributed by atoms with Crippen molar-refractivity contribution in [3.05, 3.63) is 72.6 Å². The second-order valence-electron chi connectivity index (χ2n) is 7.61. The predicted octanol–water partition coefficient (Wildman–Crippen LogP) is 4.61. The number of aryl methyl sites for hydroxylation is 1. The average Bonchev–Trinajstić information content (AvgIpc) is 3.39. The third kappa shape index (κ3) is 3.22. The molecule has 5 nitrogen and oxygen atoms in total. The summed E-state index contributed by atoms with van der Waals surface area (Å²) < 4.78 is 7.60. The summed E-state index contributed by atoms with van der Waals surface area (Å²) >= 11 is 0. The average molecular weight is 372 g/mol. The van der Waals surface area contributed by atoms with E-state index in [1.807, 2.05) is 18.5 Å². The molecule has 0 spiro atoms. The Morgan fingerprint density at radius 2 is 1.89 bits per heavy atom. The van der Waals surface area contributed by atoms with E-state index in [1.165, 1.54) is 5.69 Å². The van der Waals surface area contributed by atoms with Crippen LogP contribution in [-0.2, 0) is 13.6 Å². The largest absolute Gasteiger partial charge is 0.468 e. The van der Waals surface area contributed by atoms with Crippen LogP contribution in [0.2, 0.25) is 0 Å². The molecule has 5 heteroatoms. The van der Waals surface area contributed by atoms with Gasteiger partial charge in [0.15, 0.2) is 0 Å². The van der Waals surface area contributed by atoms with E-state index in [2.05, 4.69) is 57.9 Å². The molecule has 3 aromatic heterocycles. The number of likely N-dealkylation sites (tertiary alicyclic amines) is 1. The monoisotopic (exact) mass is 372 g/mol. The lowest BCUT2D eigenvalue weighted by Gasteiger charge is -2.31. The third-order valence-corrected chi connectivity index (χ3v) is 5.75. The van der Waals surface area contributed by atoms with Gasteiger partial charge in [0, 0.05) is 24.2 Å². The summed E-state index contributed by atoms with van der Waals surface area (Å²) in [5.74, 6) is 1.52. The molecule has 1 saturated heterocycles. The van der Waals surface area contributed by atoms with Gasteiger partial charge < -0.3 is 8.98 Å². The summed E-state index contributed by atoms with van der Waals surface area (Å²) in [6.45, 7) is 3.03. The van der Waals surface area contributed by atoms with Crippen molar-refractivity contribution in [2.75, 3.05) is 13.1 Å². The van der Waals surface area contributed by atoms with Gasteiger partial charge in [0.05, 0.1) is 30.3 Å². The van der Waals surface area contributed by atoms with Gasteiger partial charge in [-0.1, -0.05) is 30.3 Å². The SMILES string of the molecule is Cn1cnc2c(-c3ccccc3)nc(C3CCN(Cc4ccco4)CC3)cc21. The lowest BCUT2D eigenvalue weighted by atomic mass is 9.92. The van der Waals surface area contributed by atoms with Crippen LogP contribution in [0.5, 0.6) is 0 Å². The Balaban J connectivity index is 1.43. The summed E-state index contributed by atoms with van der Waals surface area (Å²) in [5, 5.41) is 0. The Kier molecular flexibility index (Phi) is 4.45. The molecule has 1 aromatic carbocycles. The maximum absolute atomic E-state index is 5.50. The van der Waals surface area contributed by atoms with E-state index in [-0.39, 0.29) is 0 Å². The lowest BCUT2D eigenvalue weighted by Crippen LogP contribution is -2.32. The molecule has 0 amide bonds. The molecular weight excluding hydrogens is 348 g/mol. The third-order valence-electron chi connectivity index (χ3n) is 5.75. The molecule has 4 heterocycles. The molecule has 0 saturated carbocycles. The molecule has 1 aliphatic heterocycles. The van der Waals surface area contributed by atoms with E-state index in [9.17, 15) is 0 Å². The Labute approximate surface area is 164 Å². The van der Waals surface area contributed by atoms with Crippen LogP contribution in [0.3, 0.4) is 0 Å². The molecule has 0 N–H and O–H groups in total. The van der Waals surface area contributed by atoms with Gasteiger partial charge in [-0.15, -0.1) is 0 Å². The molecule has 0 unspecified atom stereocenters. The minimum Gasteiger partial charge on any atom is -0.468 e. The van der Waals surface area contributed by atoms with E-state index >= 15 is 0 Å². The Morgan fingerprint density at radius 1 is 1.07 bits per heavy atom. The van der Waals surface area contributed by atoms with Crippen molar-refractivity contribution in [1.82, 2.24) is 19.4 Å². The summed E-state index contributed by atoms with van der Waals surface area (Å²) in [5.41, 5.74) is 5.44. The van der Waals surface area contributed by atoms with Gasteiger partial charge in [-0.05, 0) is 44.1 Å². The number of hydrogen-bond acceptors (Lipinski definition) is 4. The molecule has 0 radical (unpaired) electrons. The highest BCUT2D eigenvalue weighted by molar-refractivity contribution is 5.90. The molecule has 0 bridgehead atoms. The van der Waals surface area contributed by atoms with E-state index in [0.717, 1.165) is 60.5 Å². The van der Waals surface area contributed by atoms with E-state index in [4.69, 9.17) is 9.40 Å². The van der Waals surface area contributed by atoms with Crippen molar-refractivity contribution >= 4 is 11.0 Å². The number of pyridine rings is 1. The second-order valence-corrected chi connectivity index (χ2v) is 7.61. The number of benzene rings is 1. The second kappa shape index (κ2) is 7.24. The van der Waals surface area contributed by atoms with E-state index in [1.54, 1.807) is 6.26 Å². The van der Waals surface area contributed by atoms with Crippen LogP contribution in [0.25, 0.3) is 22.3 Å². The molecule has 5 rings (SSSR count). The highest BCUT2D eigenvalue weighted by atomic mass is 16.3. The molecular formula is C23H24N4O. The summed E-state index contributed by atoms with van der Waals surface area (Å²) in [6, 6.07) is 16.6. The molecule has 1 fully saturated rings. The molecule has 0 atom stereocenters. The van der Waals surface area contributed by atoms with Crippen LogP contribution in [0.15, 0.2) is 65.5 Å². The predicted molar refractivity (Wildman–Crippen MR) is 110 cm³/mol. The molecule has 0 aliphatic carbocycles. The van der Waals surface area contributed by atoms with Crippen molar-refractivity contribution in [1.29, 1.82) is 0 Å². The van der Waals surface area contributed by atoms with Crippen LogP contribution < -0.4 is 0 Å². The normalized spacial score (nSPS) is 16.0. The summed E-state index contributed by atoms with van der Waals surface area (Å²) in [6.07, 6.45) is 5.87. The first-order chi connectivity index (χ1) is 13.8. The quantitative estimate of drug-likeness (QED) is 0.525. The standard InChI is InChI=1S/C23H24N4O/c1-26-16-24-23-21(26)14-20(25-22(23)18-6-3-2-4-7-18)17-9-11-27(12-10-17)15-19-8-5-13-28-19/h2-8,13-14,16-17H,9-12,15H2,1H3. The van der Waals surface area contributed by atoms with E-state index < -0.39 is 0 Å².